The number of pyridine rings is 1. The number of anilines is 1. The summed E-state index contributed by atoms with van der Waals surface area (Å²) in [7, 11) is 3.91. The van der Waals surface area contributed by atoms with Crippen LogP contribution in [0.2, 0.25) is 0 Å². The van der Waals surface area contributed by atoms with E-state index in [1.165, 1.54) is 23.5 Å². The molecule has 11 heteroatoms. The van der Waals surface area contributed by atoms with Gasteiger partial charge in [0.05, 0.1) is 22.2 Å². The predicted octanol–water partition coefficient (Wildman–Crippen LogP) is 5.73. The number of thiazole rings is 1. The topological polar surface area (TPSA) is 90.4 Å². The summed E-state index contributed by atoms with van der Waals surface area (Å²) in [6.07, 6.45) is -1.85. The van der Waals surface area contributed by atoms with Gasteiger partial charge in [0.1, 0.15) is 0 Å². The van der Waals surface area contributed by atoms with Crippen LogP contribution in [0.1, 0.15) is 16.8 Å². The van der Waals surface area contributed by atoms with Crippen molar-refractivity contribution in [3.63, 3.8) is 0 Å². The van der Waals surface area contributed by atoms with E-state index in [2.05, 4.69) is 21.7 Å². The third-order valence-electron chi connectivity index (χ3n) is 5.66. The van der Waals surface area contributed by atoms with Crippen molar-refractivity contribution in [1.82, 2.24) is 20.2 Å². The number of hydrogen-bond acceptors (Lipinski definition) is 6. The molecule has 0 unspecified atom stereocenters. The first-order valence-electron chi connectivity index (χ1n) is 11.5. The van der Waals surface area contributed by atoms with Gasteiger partial charge in [-0.1, -0.05) is 35.6 Å². The molecule has 4 rings (SSSR count). The Labute approximate surface area is 216 Å². The third kappa shape index (κ3) is 6.95. The van der Waals surface area contributed by atoms with Gasteiger partial charge in [-0.05, 0) is 61.3 Å². The van der Waals surface area contributed by atoms with Crippen molar-refractivity contribution in [2.75, 3.05) is 26.0 Å². The van der Waals surface area contributed by atoms with E-state index >= 15 is 0 Å². The lowest BCUT2D eigenvalue weighted by Gasteiger charge is -2.18. The lowest BCUT2D eigenvalue weighted by molar-refractivity contribution is -0.137. The molecule has 2 aromatic carbocycles. The summed E-state index contributed by atoms with van der Waals surface area (Å²) in [6, 6.07) is 12.2. The van der Waals surface area contributed by atoms with Crippen LogP contribution in [0.15, 0.2) is 60.9 Å². The smallest absolute Gasteiger partial charge is 0.416 e. The molecule has 0 aliphatic rings. The Balaban J connectivity index is 1.53. The number of carboxylic acid groups (broad SMARTS) is 1. The van der Waals surface area contributed by atoms with E-state index in [0.717, 1.165) is 39.0 Å². The second kappa shape index (κ2) is 11.1. The first-order chi connectivity index (χ1) is 17.6. The van der Waals surface area contributed by atoms with Crippen LogP contribution in [-0.4, -0.2) is 52.7 Å². The van der Waals surface area contributed by atoms with E-state index in [0.29, 0.717) is 17.2 Å². The highest BCUT2D eigenvalue weighted by Gasteiger charge is 2.30. The zero-order valence-corrected chi connectivity index (χ0v) is 21.0. The molecule has 4 aromatic rings. The molecule has 2 aromatic heterocycles. The van der Waals surface area contributed by atoms with Gasteiger partial charge >= 0.3 is 12.3 Å². The number of aromatic nitrogens is 2. The minimum atomic E-state index is -4.42. The first kappa shape index (κ1) is 26.4. The van der Waals surface area contributed by atoms with Crippen molar-refractivity contribution in [2.45, 2.75) is 25.2 Å². The third-order valence-corrected chi connectivity index (χ3v) is 6.76. The van der Waals surface area contributed by atoms with Crippen LogP contribution in [0.4, 0.5) is 23.1 Å². The average Bonchev–Trinajstić information content (AvgIpc) is 3.23. The summed E-state index contributed by atoms with van der Waals surface area (Å²) in [5.41, 5.74) is 1.75. The zero-order valence-electron chi connectivity index (χ0n) is 20.2. The van der Waals surface area contributed by atoms with E-state index in [1.54, 1.807) is 6.20 Å². The fourth-order valence-electron chi connectivity index (χ4n) is 3.96. The van der Waals surface area contributed by atoms with Gasteiger partial charge in [0.25, 0.3) is 0 Å². The van der Waals surface area contributed by atoms with E-state index in [1.807, 2.05) is 43.4 Å². The minimum absolute atomic E-state index is 0.213. The monoisotopic (exact) mass is 529 g/mol. The molecular weight excluding hydrogens is 503 g/mol. The predicted molar refractivity (Wildman–Crippen MR) is 139 cm³/mol. The standard InChI is InChI=1S/C26H26F3N5O2S/c1-34(2)15-22-23(18-5-6-19-13-30-10-9-17(19)12-18)37-24(33-22)31-14-21(32-25(35)36)11-16-3-7-20(8-4-16)26(27,28)29/h3-10,12-13,21,32H,11,14-15H2,1-2H3,(H,31,33)(H,35,36)/t21-/m0/s1. The number of nitrogens with zero attached hydrogens (tertiary/aromatic N) is 3. The number of fused-ring (bicyclic) bond motifs is 1. The normalized spacial score (nSPS) is 12.6. The van der Waals surface area contributed by atoms with E-state index < -0.39 is 23.9 Å². The summed E-state index contributed by atoms with van der Waals surface area (Å²) < 4.78 is 38.6. The van der Waals surface area contributed by atoms with Gasteiger partial charge in [-0.15, -0.1) is 0 Å². The Morgan fingerprint density at radius 1 is 1.11 bits per heavy atom. The number of hydrogen-bond donors (Lipinski definition) is 3. The zero-order chi connectivity index (χ0) is 26.6. The molecule has 0 aliphatic heterocycles. The molecule has 0 bridgehead atoms. The Morgan fingerprint density at radius 2 is 1.86 bits per heavy atom. The molecule has 3 N–H and O–H groups in total. The quantitative estimate of drug-likeness (QED) is 0.257. The highest BCUT2D eigenvalue weighted by molar-refractivity contribution is 7.19. The Bertz CT molecular complexity index is 1370. The molecule has 37 heavy (non-hydrogen) atoms. The van der Waals surface area contributed by atoms with Gasteiger partial charge in [0.15, 0.2) is 5.13 Å². The van der Waals surface area contributed by atoms with Crippen molar-refractivity contribution in [1.29, 1.82) is 0 Å². The van der Waals surface area contributed by atoms with Gasteiger partial charge in [0.2, 0.25) is 0 Å². The lowest BCUT2D eigenvalue weighted by atomic mass is 10.0. The van der Waals surface area contributed by atoms with E-state index in [9.17, 15) is 23.1 Å². The molecule has 1 amide bonds. The van der Waals surface area contributed by atoms with E-state index in [4.69, 9.17) is 4.98 Å². The summed E-state index contributed by atoms with van der Waals surface area (Å²) in [5.74, 6) is 0. The number of benzene rings is 2. The number of nitrogens with one attached hydrogen (secondary N) is 2. The van der Waals surface area contributed by atoms with Gasteiger partial charge in [-0.2, -0.15) is 13.2 Å². The number of rotatable bonds is 9. The van der Waals surface area contributed by atoms with Gasteiger partial charge in [-0.25, -0.2) is 9.78 Å². The van der Waals surface area contributed by atoms with E-state index in [-0.39, 0.29) is 13.0 Å². The summed E-state index contributed by atoms with van der Waals surface area (Å²) in [4.78, 5) is 23.3. The second-order valence-electron chi connectivity index (χ2n) is 8.90. The van der Waals surface area contributed by atoms with Crippen molar-refractivity contribution >= 4 is 33.3 Å². The highest BCUT2D eigenvalue weighted by Crippen LogP contribution is 2.35. The number of carbonyl (C=O) groups is 1. The van der Waals surface area contributed by atoms with Crippen LogP contribution in [0, 0.1) is 0 Å². The largest absolute Gasteiger partial charge is 0.465 e. The molecule has 0 saturated carbocycles. The van der Waals surface area contributed by atoms with Crippen molar-refractivity contribution in [3.8, 4) is 10.4 Å². The highest BCUT2D eigenvalue weighted by atomic mass is 32.1. The average molecular weight is 530 g/mol. The maximum atomic E-state index is 12.9. The van der Waals surface area contributed by atoms with Crippen LogP contribution in [0.5, 0.6) is 0 Å². The second-order valence-corrected chi connectivity index (χ2v) is 9.90. The number of amides is 1. The fraction of sp³-hybridized carbons (Fsp3) is 0.269. The van der Waals surface area contributed by atoms with Crippen molar-refractivity contribution < 1.29 is 23.1 Å². The summed E-state index contributed by atoms with van der Waals surface area (Å²) in [6.45, 7) is 0.829. The van der Waals surface area contributed by atoms with Gasteiger partial charge in [-0.3, -0.25) is 4.98 Å². The molecule has 0 spiro atoms. The molecule has 0 saturated heterocycles. The molecule has 194 valence electrons. The number of alkyl halides is 3. The van der Waals surface area contributed by atoms with Crippen molar-refractivity contribution in [3.05, 3.63) is 77.7 Å². The maximum absolute atomic E-state index is 12.9. The first-order valence-corrected chi connectivity index (χ1v) is 12.3. The maximum Gasteiger partial charge on any atom is 0.416 e. The lowest BCUT2D eigenvalue weighted by Crippen LogP contribution is -2.40. The van der Waals surface area contributed by atoms with Gasteiger partial charge in [0, 0.05) is 30.9 Å². The van der Waals surface area contributed by atoms with Crippen LogP contribution < -0.4 is 10.6 Å². The van der Waals surface area contributed by atoms with Crippen LogP contribution in [-0.2, 0) is 19.1 Å². The Kier molecular flexibility index (Phi) is 7.94. The summed E-state index contributed by atoms with van der Waals surface area (Å²) in [5, 5.41) is 17.7. The minimum Gasteiger partial charge on any atom is -0.465 e. The summed E-state index contributed by atoms with van der Waals surface area (Å²) >= 11 is 1.47. The van der Waals surface area contributed by atoms with Crippen molar-refractivity contribution in [2.24, 2.45) is 0 Å². The molecule has 7 nitrogen and oxygen atoms in total. The Hall–Kier alpha value is -3.70. The van der Waals surface area contributed by atoms with Gasteiger partial charge < -0.3 is 20.6 Å². The Morgan fingerprint density at radius 3 is 2.54 bits per heavy atom. The molecular formula is C26H26F3N5O2S. The van der Waals surface area contributed by atoms with Crippen LogP contribution in [0.3, 0.4) is 0 Å². The molecule has 0 radical (unpaired) electrons. The fourth-order valence-corrected chi connectivity index (χ4v) is 4.94. The molecule has 1 atom stereocenters. The SMILES string of the molecule is CN(C)Cc1nc(NC[C@H](Cc2ccc(C(F)(F)F)cc2)NC(=O)O)sc1-c1ccc2cnccc2c1. The van der Waals surface area contributed by atoms with Crippen LogP contribution in [0.25, 0.3) is 21.2 Å². The van der Waals surface area contributed by atoms with Crippen LogP contribution >= 0.6 is 11.3 Å². The molecule has 2 heterocycles. The molecule has 0 fully saturated rings. The molecule has 0 aliphatic carbocycles. The number of halogens is 3.